The van der Waals surface area contributed by atoms with Crippen molar-refractivity contribution in [1.82, 2.24) is 18.8 Å². The number of piperazine rings is 1. The van der Waals surface area contributed by atoms with Crippen molar-refractivity contribution in [3.63, 3.8) is 0 Å². The van der Waals surface area contributed by atoms with Gasteiger partial charge in [0.2, 0.25) is 0 Å². The van der Waals surface area contributed by atoms with Gasteiger partial charge >= 0.3 is 0 Å². The molecule has 6 nitrogen and oxygen atoms in total. The van der Waals surface area contributed by atoms with E-state index in [1.165, 1.54) is 4.31 Å². The van der Waals surface area contributed by atoms with Crippen LogP contribution >= 0.6 is 0 Å². The van der Waals surface area contributed by atoms with Gasteiger partial charge in [0, 0.05) is 58.9 Å². The van der Waals surface area contributed by atoms with Crippen LogP contribution in [-0.2, 0) is 10.2 Å². The minimum absolute atomic E-state index is 0.135. The van der Waals surface area contributed by atoms with Gasteiger partial charge in [0.15, 0.2) is 0 Å². The number of rotatable bonds is 5. The monoisotopic (exact) mass is 304 g/mol. The van der Waals surface area contributed by atoms with E-state index in [0.717, 1.165) is 52.0 Å². The quantitative estimate of drug-likeness (QED) is 0.773. The normalized spacial score (nSPS) is 27.1. The van der Waals surface area contributed by atoms with Crippen LogP contribution in [0, 0.1) is 0 Å². The SMILES string of the molecule is CC1CCCCN1S(=O)(=O)N(C)CCN1CCNCC1. The van der Waals surface area contributed by atoms with Crippen molar-refractivity contribution < 1.29 is 8.42 Å². The number of hydrogen-bond acceptors (Lipinski definition) is 4. The van der Waals surface area contributed by atoms with E-state index in [-0.39, 0.29) is 6.04 Å². The van der Waals surface area contributed by atoms with Crippen LogP contribution in [0.25, 0.3) is 0 Å². The fraction of sp³-hybridized carbons (Fsp3) is 1.00. The highest BCUT2D eigenvalue weighted by Crippen LogP contribution is 2.21. The predicted octanol–water partition coefficient (Wildman–Crippen LogP) is -0.0574. The van der Waals surface area contributed by atoms with Gasteiger partial charge in [-0.25, -0.2) is 0 Å². The molecule has 0 spiro atoms. The van der Waals surface area contributed by atoms with Crippen molar-refractivity contribution in [3.05, 3.63) is 0 Å². The highest BCUT2D eigenvalue weighted by molar-refractivity contribution is 7.86. The van der Waals surface area contributed by atoms with Crippen molar-refractivity contribution in [2.75, 3.05) is 52.9 Å². The van der Waals surface area contributed by atoms with Gasteiger partial charge < -0.3 is 5.32 Å². The molecule has 2 aliphatic heterocycles. The second kappa shape index (κ2) is 7.17. The number of piperidine rings is 1. The molecule has 2 fully saturated rings. The summed E-state index contributed by atoms with van der Waals surface area (Å²) in [6.07, 6.45) is 3.09. The molecular weight excluding hydrogens is 276 g/mol. The third kappa shape index (κ3) is 3.92. The van der Waals surface area contributed by atoms with Gasteiger partial charge in [-0.2, -0.15) is 17.0 Å². The van der Waals surface area contributed by atoms with Crippen LogP contribution in [0.5, 0.6) is 0 Å². The van der Waals surface area contributed by atoms with E-state index in [9.17, 15) is 8.42 Å². The van der Waals surface area contributed by atoms with E-state index in [4.69, 9.17) is 0 Å². The average Bonchev–Trinajstić information content (AvgIpc) is 2.46. The Balaban J connectivity index is 1.87. The summed E-state index contributed by atoms with van der Waals surface area (Å²) in [6.45, 7) is 8.09. The van der Waals surface area contributed by atoms with Crippen molar-refractivity contribution in [2.24, 2.45) is 0 Å². The number of nitrogens with zero attached hydrogens (tertiary/aromatic N) is 3. The van der Waals surface area contributed by atoms with E-state index >= 15 is 0 Å². The van der Waals surface area contributed by atoms with Crippen molar-refractivity contribution in [3.8, 4) is 0 Å². The van der Waals surface area contributed by atoms with E-state index in [2.05, 4.69) is 10.2 Å². The van der Waals surface area contributed by atoms with Crippen LogP contribution in [0.2, 0.25) is 0 Å². The standard InChI is InChI=1S/C13H28N4O2S/c1-13-5-3-4-8-17(13)20(18,19)15(2)11-12-16-9-6-14-7-10-16/h13-14H,3-12H2,1-2H3. The molecule has 0 bridgehead atoms. The maximum absolute atomic E-state index is 12.6. The van der Waals surface area contributed by atoms with Crippen molar-refractivity contribution >= 4 is 10.2 Å². The van der Waals surface area contributed by atoms with Gasteiger partial charge in [-0.3, -0.25) is 4.90 Å². The van der Waals surface area contributed by atoms with Crippen LogP contribution in [0.1, 0.15) is 26.2 Å². The van der Waals surface area contributed by atoms with E-state index in [1.807, 2.05) is 6.92 Å². The predicted molar refractivity (Wildman–Crippen MR) is 80.9 cm³/mol. The largest absolute Gasteiger partial charge is 0.314 e. The Labute approximate surface area is 123 Å². The van der Waals surface area contributed by atoms with E-state index < -0.39 is 10.2 Å². The molecule has 0 aromatic carbocycles. The molecule has 1 atom stereocenters. The Kier molecular flexibility index (Phi) is 5.80. The fourth-order valence-corrected chi connectivity index (χ4v) is 4.52. The fourth-order valence-electron chi connectivity index (χ4n) is 2.93. The molecule has 0 aromatic heterocycles. The lowest BCUT2D eigenvalue weighted by atomic mass is 10.1. The zero-order chi connectivity index (χ0) is 14.6. The third-order valence-electron chi connectivity index (χ3n) is 4.37. The summed E-state index contributed by atoms with van der Waals surface area (Å²) < 4.78 is 28.4. The smallest absolute Gasteiger partial charge is 0.282 e. The summed E-state index contributed by atoms with van der Waals surface area (Å²) >= 11 is 0. The van der Waals surface area contributed by atoms with Gasteiger partial charge in [-0.15, -0.1) is 0 Å². The van der Waals surface area contributed by atoms with Gasteiger partial charge in [0.05, 0.1) is 0 Å². The van der Waals surface area contributed by atoms with Crippen LogP contribution < -0.4 is 5.32 Å². The molecule has 0 saturated carbocycles. The van der Waals surface area contributed by atoms with Crippen LogP contribution in [0.4, 0.5) is 0 Å². The molecule has 1 N–H and O–H groups in total. The van der Waals surface area contributed by atoms with E-state index in [0.29, 0.717) is 13.1 Å². The van der Waals surface area contributed by atoms with Crippen LogP contribution in [-0.4, -0.2) is 80.8 Å². The first-order valence-electron chi connectivity index (χ1n) is 7.68. The number of likely N-dealkylation sites (N-methyl/N-ethyl adjacent to an activating group) is 1. The lowest BCUT2D eigenvalue weighted by Crippen LogP contribution is -2.51. The first-order valence-corrected chi connectivity index (χ1v) is 9.07. The van der Waals surface area contributed by atoms with Gasteiger partial charge in [-0.1, -0.05) is 6.42 Å². The molecule has 0 radical (unpaired) electrons. The second-order valence-corrected chi connectivity index (χ2v) is 7.86. The van der Waals surface area contributed by atoms with E-state index in [1.54, 1.807) is 11.4 Å². The van der Waals surface area contributed by atoms with Crippen LogP contribution in [0.3, 0.4) is 0 Å². The Hall–Kier alpha value is -0.210. The topological polar surface area (TPSA) is 55.9 Å². The first-order chi connectivity index (χ1) is 9.51. The zero-order valence-corrected chi connectivity index (χ0v) is 13.5. The Bertz CT molecular complexity index is 395. The molecule has 1 unspecified atom stereocenters. The molecule has 0 aromatic rings. The van der Waals surface area contributed by atoms with Gasteiger partial charge in [-0.05, 0) is 19.8 Å². The molecular formula is C13H28N4O2S. The summed E-state index contributed by atoms with van der Waals surface area (Å²) in [5.74, 6) is 0. The summed E-state index contributed by atoms with van der Waals surface area (Å²) in [5.41, 5.74) is 0. The highest BCUT2D eigenvalue weighted by Gasteiger charge is 2.32. The molecule has 2 aliphatic rings. The molecule has 2 rings (SSSR count). The molecule has 0 aliphatic carbocycles. The Morgan fingerprint density at radius 3 is 2.55 bits per heavy atom. The maximum Gasteiger partial charge on any atom is 0.282 e. The van der Waals surface area contributed by atoms with Crippen LogP contribution in [0.15, 0.2) is 0 Å². The number of nitrogens with one attached hydrogen (secondary N) is 1. The summed E-state index contributed by atoms with van der Waals surface area (Å²) in [5, 5.41) is 3.31. The molecule has 118 valence electrons. The molecule has 2 heterocycles. The summed E-state index contributed by atoms with van der Waals surface area (Å²) in [7, 11) is -1.58. The van der Waals surface area contributed by atoms with Gasteiger partial charge in [0.1, 0.15) is 0 Å². The minimum Gasteiger partial charge on any atom is -0.314 e. The molecule has 7 heteroatoms. The van der Waals surface area contributed by atoms with Crippen molar-refractivity contribution in [1.29, 1.82) is 0 Å². The third-order valence-corrected chi connectivity index (χ3v) is 6.48. The highest BCUT2D eigenvalue weighted by atomic mass is 32.2. The second-order valence-electron chi connectivity index (χ2n) is 5.88. The zero-order valence-electron chi connectivity index (χ0n) is 12.7. The van der Waals surface area contributed by atoms with Crippen molar-refractivity contribution in [2.45, 2.75) is 32.2 Å². The van der Waals surface area contributed by atoms with Gasteiger partial charge in [0.25, 0.3) is 10.2 Å². The Morgan fingerprint density at radius 1 is 1.20 bits per heavy atom. The summed E-state index contributed by atoms with van der Waals surface area (Å²) in [6, 6.07) is 0.135. The molecule has 2 saturated heterocycles. The molecule has 20 heavy (non-hydrogen) atoms. The number of hydrogen-bond donors (Lipinski definition) is 1. The first kappa shape index (κ1) is 16.2. The molecule has 0 amide bonds. The Morgan fingerprint density at radius 2 is 1.90 bits per heavy atom. The lowest BCUT2D eigenvalue weighted by molar-refractivity contribution is 0.217. The lowest BCUT2D eigenvalue weighted by Gasteiger charge is -2.36. The summed E-state index contributed by atoms with van der Waals surface area (Å²) in [4.78, 5) is 2.32. The average molecular weight is 304 g/mol. The maximum atomic E-state index is 12.6. The minimum atomic E-state index is -3.29.